The number of benzene rings is 1. The number of hydrogen-bond acceptors (Lipinski definition) is 3. The van der Waals surface area contributed by atoms with Gasteiger partial charge in [-0.2, -0.15) is 5.10 Å². The quantitative estimate of drug-likeness (QED) is 0.937. The zero-order chi connectivity index (χ0) is 14.9. The normalized spacial score (nSPS) is 25.4. The van der Waals surface area contributed by atoms with E-state index in [4.69, 9.17) is 23.2 Å². The highest BCUT2D eigenvalue weighted by Gasteiger charge is 2.41. The number of halogens is 2. The second kappa shape index (κ2) is 5.95. The average Bonchev–Trinajstić information content (AvgIpc) is 3.05. The molecule has 112 valence electrons. The topological polar surface area (TPSA) is 50.9 Å². The molecule has 0 bridgehead atoms. The molecule has 2 atom stereocenters. The number of nitrogens with zero attached hydrogens (tertiary/aromatic N) is 3. The van der Waals surface area contributed by atoms with Crippen molar-refractivity contribution < 1.29 is 5.11 Å². The Morgan fingerprint density at radius 3 is 2.95 bits per heavy atom. The van der Waals surface area contributed by atoms with Gasteiger partial charge in [-0.15, -0.1) is 0 Å². The van der Waals surface area contributed by atoms with Crippen molar-refractivity contribution in [2.75, 3.05) is 0 Å². The lowest BCUT2D eigenvalue weighted by atomic mass is 9.84. The molecular weight excluding hydrogens is 309 g/mol. The van der Waals surface area contributed by atoms with E-state index in [2.05, 4.69) is 10.1 Å². The summed E-state index contributed by atoms with van der Waals surface area (Å²) in [6.07, 6.45) is 6.54. The molecule has 1 aromatic heterocycles. The Kier molecular flexibility index (Phi) is 4.20. The van der Waals surface area contributed by atoms with Crippen LogP contribution in [-0.4, -0.2) is 25.5 Å². The second-order valence-electron chi connectivity index (χ2n) is 5.72. The summed E-state index contributed by atoms with van der Waals surface area (Å²) in [5.74, 6) is 0.158. The van der Waals surface area contributed by atoms with Gasteiger partial charge in [-0.05, 0) is 30.5 Å². The molecule has 2 aromatic rings. The third-order valence-corrected chi connectivity index (χ3v) is 4.89. The Hall–Kier alpha value is -1.10. The summed E-state index contributed by atoms with van der Waals surface area (Å²) in [4.78, 5) is 3.95. The first-order chi connectivity index (χ1) is 10.1. The van der Waals surface area contributed by atoms with Gasteiger partial charge in [-0.1, -0.05) is 35.7 Å². The summed E-state index contributed by atoms with van der Waals surface area (Å²) in [5.41, 5.74) is 0.192. The lowest BCUT2D eigenvalue weighted by molar-refractivity contribution is -0.00472. The Morgan fingerprint density at radius 2 is 2.24 bits per heavy atom. The lowest BCUT2D eigenvalue weighted by Crippen LogP contribution is -2.38. The molecule has 4 nitrogen and oxygen atoms in total. The van der Waals surface area contributed by atoms with Crippen molar-refractivity contribution >= 4 is 23.2 Å². The van der Waals surface area contributed by atoms with Gasteiger partial charge in [0.05, 0.1) is 5.60 Å². The van der Waals surface area contributed by atoms with Crippen LogP contribution in [0.3, 0.4) is 0 Å². The van der Waals surface area contributed by atoms with Crippen LogP contribution in [0.4, 0.5) is 0 Å². The van der Waals surface area contributed by atoms with E-state index >= 15 is 0 Å². The smallest absolute Gasteiger partial charge is 0.137 e. The summed E-state index contributed by atoms with van der Waals surface area (Å²) in [6, 6.07) is 5.43. The van der Waals surface area contributed by atoms with Crippen LogP contribution in [0.1, 0.15) is 24.8 Å². The van der Waals surface area contributed by atoms with Gasteiger partial charge in [0.2, 0.25) is 0 Å². The maximum absolute atomic E-state index is 11.0. The van der Waals surface area contributed by atoms with Crippen LogP contribution in [-0.2, 0) is 13.0 Å². The minimum Gasteiger partial charge on any atom is -0.389 e. The van der Waals surface area contributed by atoms with Crippen molar-refractivity contribution in [3.05, 3.63) is 46.5 Å². The summed E-state index contributed by atoms with van der Waals surface area (Å²) in [7, 11) is 0. The van der Waals surface area contributed by atoms with Gasteiger partial charge in [-0.3, -0.25) is 4.68 Å². The van der Waals surface area contributed by atoms with Gasteiger partial charge < -0.3 is 5.11 Å². The van der Waals surface area contributed by atoms with E-state index in [9.17, 15) is 5.11 Å². The molecule has 0 radical (unpaired) electrons. The third kappa shape index (κ3) is 3.23. The second-order valence-corrected chi connectivity index (χ2v) is 6.57. The van der Waals surface area contributed by atoms with Gasteiger partial charge in [-0.25, -0.2) is 4.98 Å². The minimum absolute atomic E-state index is 0.158. The Balaban J connectivity index is 1.78. The zero-order valence-corrected chi connectivity index (χ0v) is 13.1. The molecule has 0 spiro atoms. The summed E-state index contributed by atoms with van der Waals surface area (Å²) >= 11 is 12.2. The molecule has 1 fully saturated rings. The monoisotopic (exact) mass is 325 g/mol. The summed E-state index contributed by atoms with van der Waals surface area (Å²) < 4.78 is 1.78. The molecular formula is C15H17Cl2N3O. The molecule has 0 unspecified atom stereocenters. The first-order valence-electron chi connectivity index (χ1n) is 7.05. The van der Waals surface area contributed by atoms with E-state index in [1.165, 1.54) is 6.33 Å². The van der Waals surface area contributed by atoms with Crippen LogP contribution < -0.4 is 0 Å². The molecule has 1 saturated carbocycles. The van der Waals surface area contributed by atoms with Gasteiger partial charge >= 0.3 is 0 Å². The van der Waals surface area contributed by atoms with Crippen LogP contribution in [0.5, 0.6) is 0 Å². The number of aliphatic hydroxyl groups is 1. The van der Waals surface area contributed by atoms with Crippen LogP contribution in [0.2, 0.25) is 10.0 Å². The highest BCUT2D eigenvalue weighted by atomic mass is 35.5. The highest BCUT2D eigenvalue weighted by molar-refractivity contribution is 6.35. The van der Waals surface area contributed by atoms with E-state index in [-0.39, 0.29) is 5.92 Å². The molecule has 0 saturated heterocycles. The molecule has 1 aromatic carbocycles. The van der Waals surface area contributed by atoms with Crippen LogP contribution >= 0.6 is 23.2 Å². The van der Waals surface area contributed by atoms with Crippen molar-refractivity contribution in [3.8, 4) is 0 Å². The maximum Gasteiger partial charge on any atom is 0.137 e. The van der Waals surface area contributed by atoms with Gasteiger partial charge in [0.1, 0.15) is 12.7 Å². The predicted octanol–water partition coefficient (Wildman–Crippen LogP) is 3.36. The molecule has 1 N–H and O–H groups in total. The fourth-order valence-electron chi connectivity index (χ4n) is 3.17. The molecule has 3 rings (SSSR count). The SMILES string of the molecule is O[C@@]1(Cc2ccc(Cl)cc2Cl)CCC[C@H]1Cn1cncn1. The van der Waals surface area contributed by atoms with E-state index in [0.29, 0.717) is 23.0 Å². The first-order valence-corrected chi connectivity index (χ1v) is 7.81. The number of rotatable bonds is 4. The van der Waals surface area contributed by atoms with E-state index in [0.717, 1.165) is 24.8 Å². The standard InChI is InChI=1S/C15H17Cl2N3O/c16-13-4-3-11(14(17)6-13)7-15(21)5-1-2-12(15)8-20-10-18-9-19-20/h3-4,6,9-10,12,21H,1-2,5,7-8H2/t12-,15+/m0/s1. The summed E-state index contributed by atoms with van der Waals surface area (Å²) in [5, 5.41) is 16.4. The van der Waals surface area contributed by atoms with Crippen molar-refractivity contribution in [2.45, 2.75) is 37.8 Å². The molecule has 1 heterocycles. The molecule has 0 amide bonds. The van der Waals surface area contributed by atoms with Gasteiger partial charge in [0, 0.05) is 28.9 Å². The predicted molar refractivity (Wildman–Crippen MR) is 82.5 cm³/mol. The molecule has 0 aliphatic heterocycles. The molecule has 21 heavy (non-hydrogen) atoms. The highest BCUT2D eigenvalue weighted by Crippen LogP contribution is 2.40. The third-order valence-electron chi connectivity index (χ3n) is 4.31. The van der Waals surface area contributed by atoms with Crippen molar-refractivity contribution in [1.82, 2.24) is 14.8 Å². The largest absolute Gasteiger partial charge is 0.389 e. The molecule has 1 aliphatic carbocycles. The Bertz CT molecular complexity index is 617. The fourth-order valence-corrected chi connectivity index (χ4v) is 3.64. The zero-order valence-electron chi connectivity index (χ0n) is 11.5. The Labute approximate surface area is 133 Å². The van der Waals surface area contributed by atoms with Crippen molar-refractivity contribution in [1.29, 1.82) is 0 Å². The van der Waals surface area contributed by atoms with Crippen LogP contribution in [0, 0.1) is 5.92 Å². The Morgan fingerprint density at radius 1 is 1.38 bits per heavy atom. The van der Waals surface area contributed by atoms with Crippen LogP contribution in [0.15, 0.2) is 30.9 Å². The van der Waals surface area contributed by atoms with Crippen LogP contribution in [0.25, 0.3) is 0 Å². The van der Waals surface area contributed by atoms with Gasteiger partial charge in [0.25, 0.3) is 0 Å². The van der Waals surface area contributed by atoms with Crippen molar-refractivity contribution in [3.63, 3.8) is 0 Å². The number of hydrogen-bond donors (Lipinski definition) is 1. The van der Waals surface area contributed by atoms with E-state index < -0.39 is 5.60 Å². The maximum atomic E-state index is 11.0. The first kappa shape index (κ1) is 14.8. The number of aromatic nitrogens is 3. The molecule has 6 heteroatoms. The summed E-state index contributed by atoms with van der Waals surface area (Å²) in [6.45, 7) is 0.682. The average molecular weight is 326 g/mol. The van der Waals surface area contributed by atoms with Gasteiger partial charge in [0.15, 0.2) is 0 Å². The molecule has 1 aliphatic rings. The van der Waals surface area contributed by atoms with E-state index in [1.807, 2.05) is 12.1 Å². The minimum atomic E-state index is -0.747. The fraction of sp³-hybridized carbons (Fsp3) is 0.467. The van der Waals surface area contributed by atoms with Crippen molar-refractivity contribution in [2.24, 2.45) is 5.92 Å². The van der Waals surface area contributed by atoms with E-state index in [1.54, 1.807) is 17.1 Å². The lowest BCUT2D eigenvalue weighted by Gasteiger charge is -2.30.